The molecular weight excluding hydrogens is 144 g/mol. The average molecular weight is 154 g/mol. The lowest BCUT2D eigenvalue weighted by Crippen LogP contribution is -2.18. The number of allylic oxidation sites excluding steroid dienone is 1. The molecule has 0 radical (unpaired) electrons. The van der Waals surface area contributed by atoms with E-state index in [2.05, 4.69) is 0 Å². The highest BCUT2D eigenvalue weighted by atomic mass is 16.3. The molecule has 0 aromatic heterocycles. The van der Waals surface area contributed by atoms with Gasteiger partial charge in [0, 0.05) is 5.57 Å². The van der Waals surface area contributed by atoms with Gasteiger partial charge < -0.3 is 10.2 Å². The first-order valence-corrected chi connectivity index (χ1v) is 3.41. The minimum absolute atomic E-state index is 0.0560. The molecule has 0 aromatic rings. The van der Waals surface area contributed by atoms with Crippen LogP contribution in [0.1, 0.15) is 13.3 Å². The van der Waals surface area contributed by atoms with Crippen LogP contribution >= 0.6 is 0 Å². The third-order valence-corrected chi connectivity index (χ3v) is 1.62. The van der Waals surface area contributed by atoms with E-state index in [1.54, 1.807) is 0 Å². The molecule has 1 unspecified atom stereocenters. The van der Waals surface area contributed by atoms with E-state index in [4.69, 9.17) is 5.11 Å². The quantitative estimate of drug-likeness (QED) is 0.584. The molecule has 11 heavy (non-hydrogen) atoms. The van der Waals surface area contributed by atoms with Crippen molar-refractivity contribution in [1.82, 2.24) is 0 Å². The van der Waals surface area contributed by atoms with Crippen molar-refractivity contribution < 1.29 is 15.0 Å². The predicted molar refractivity (Wildman–Crippen MR) is 40.1 cm³/mol. The molecule has 1 atom stereocenters. The molecule has 3 nitrogen and oxygen atoms in total. The second-order valence-electron chi connectivity index (χ2n) is 2.54. The van der Waals surface area contributed by atoms with E-state index in [9.17, 15) is 9.90 Å². The Kier molecular flexibility index (Phi) is 2.10. The summed E-state index contributed by atoms with van der Waals surface area (Å²) >= 11 is 0. The van der Waals surface area contributed by atoms with Crippen molar-refractivity contribution in [2.75, 3.05) is 0 Å². The van der Waals surface area contributed by atoms with E-state index in [0.717, 1.165) is 0 Å². The van der Waals surface area contributed by atoms with Gasteiger partial charge in [0.2, 0.25) is 0 Å². The predicted octanol–water partition coefficient (Wildman–Crippen LogP) is 0.708. The van der Waals surface area contributed by atoms with E-state index in [1.807, 2.05) is 0 Å². The second-order valence-corrected chi connectivity index (χ2v) is 2.54. The van der Waals surface area contributed by atoms with E-state index in [0.29, 0.717) is 6.42 Å². The zero-order chi connectivity index (χ0) is 8.43. The van der Waals surface area contributed by atoms with Crippen LogP contribution in [-0.4, -0.2) is 22.1 Å². The minimum Gasteiger partial charge on any atom is -0.508 e. The summed E-state index contributed by atoms with van der Waals surface area (Å²) in [6.07, 6.45) is 2.36. The topological polar surface area (TPSA) is 57.5 Å². The van der Waals surface area contributed by atoms with Crippen LogP contribution in [0, 0.1) is 0 Å². The summed E-state index contributed by atoms with van der Waals surface area (Å²) < 4.78 is 0. The molecule has 0 saturated heterocycles. The highest BCUT2D eigenvalue weighted by Gasteiger charge is 2.17. The SMILES string of the molecule is CC(=O)C1=CC(O)=CCC1O. The largest absolute Gasteiger partial charge is 0.508 e. The number of Topliss-reactive ketones (excluding diaryl/α,β-unsaturated/α-hetero) is 1. The summed E-state index contributed by atoms with van der Waals surface area (Å²) in [4.78, 5) is 10.8. The van der Waals surface area contributed by atoms with Crippen LogP contribution < -0.4 is 0 Å². The Morgan fingerprint density at radius 3 is 2.82 bits per heavy atom. The van der Waals surface area contributed by atoms with Crippen molar-refractivity contribution in [3.05, 3.63) is 23.5 Å². The van der Waals surface area contributed by atoms with Crippen molar-refractivity contribution in [2.45, 2.75) is 19.4 Å². The van der Waals surface area contributed by atoms with Gasteiger partial charge in [-0.1, -0.05) is 0 Å². The summed E-state index contributed by atoms with van der Waals surface area (Å²) in [7, 11) is 0. The van der Waals surface area contributed by atoms with E-state index >= 15 is 0 Å². The molecule has 1 rings (SSSR count). The van der Waals surface area contributed by atoms with Gasteiger partial charge >= 0.3 is 0 Å². The third-order valence-electron chi connectivity index (χ3n) is 1.62. The first-order chi connectivity index (χ1) is 5.11. The van der Waals surface area contributed by atoms with Crippen LogP contribution in [0.3, 0.4) is 0 Å². The summed E-state index contributed by atoms with van der Waals surface area (Å²) in [5, 5.41) is 18.2. The zero-order valence-corrected chi connectivity index (χ0v) is 6.24. The van der Waals surface area contributed by atoms with Crippen LogP contribution in [0.15, 0.2) is 23.5 Å². The summed E-state index contributed by atoms with van der Waals surface area (Å²) in [5.74, 6) is -0.141. The fraction of sp³-hybridized carbons (Fsp3) is 0.375. The first-order valence-electron chi connectivity index (χ1n) is 3.41. The van der Waals surface area contributed by atoms with Crippen LogP contribution in [0.25, 0.3) is 0 Å². The van der Waals surface area contributed by atoms with Crippen LogP contribution in [0.4, 0.5) is 0 Å². The molecule has 0 amide bonds. The van der Waals surface area contributed by atoms with Gasteiger partial charge in [-0.15, -0.1) is 0 Å². The van der Waals surface area contributed by atoms with E-state index in [1.165, 1.54) is 19.1 Å². The highest BCUT2D eigenvalue weighted by Crippen LogP contribution is 2.16. The summed E-state index contributed by atoms with van der Waals surface area (Å²) in [6.45, 7) is 1.37. The molecule has 1 aliphatic carbocycles. The average Bonchev–Trinajstić information content (AvgIpc) is 1.94. The zero-order valence-electron chi connectivity index (χ0n) is 6.24. The van der Waals surface area contributed by atoms with Gasteiger partial charge in [0.05, 0.1) is 6.10 Å². The monoisotopic (exact) mass is 154 g/mol. The fourth-order valence-electron chi connectivity index (χ4n) is 1.01. The highest BCUT2D eigenvalue weighted by molar-refractivity contribution is 5.94. The number of carbonyl (C=O) groups excluding carboxylic acids is 1. The van der Waals surface area contributed by atoms with Gasteiger partial charge in [0.15, 0.2) is 5.78 Å². The maximum atomic E-state index is 10.8. The second kappa shape index (κ2) is 2.88. The molecule has 0 bridgehead atoms. The Bertz CT molecular complexity index is 238. The molecule has 0 saturated carbocycles. The maximum absolute atomic E-state index is 10.8. The third kappa shape index (κ3) is 1.68. The van der Waals surface area contributed by atoms with Crippen molar-refractivity contribution in [2.24, 2.45) is 0 Å². The van der Waals surface area contributed by atoms with Crippen LogP contribution in [0.2, 0.25) is 0 Å². The molecule has 3 heteroatoms. The van der Waals surface area contributed by atoms with Crippen molar-refractivity contribution in [1.29, 1.82) is 0 Å². The molecule has 2 N–H and O–H groups in total. The van der Waals surface area contributed by atoms with Gasteiger partial charge in [0.25, 0.3) is 0 Å². The smallest absolute Gasteiger partial charge is 0.158 e. The number of carbonyl (C=O) groups is 1. The van der Waals surface area contributed by atoms with Gasteiger partial charge in [-0.2, -0.15) is 0 Å². The van der Waals surface area contributed by atoms with Gasteiger partial charge in [-0.3, -0.25) is 4.79 Å². The van der Waals surface area contributed by atoms with Gasteiger partial charge in [-0.05, 0) is 25.5 Å². The Morgan fingerprint density at radius 1 is 1.73 bits per heavy atom. The molecule has 0 aromatic carbocycles. The van der Waals surface area contributed by atoms with Crippen molar-refractivity contribution >= 4 is 5.78 Å². The molecule has 60 valence electrons. The number of ketones is 1. The maximum Gasteiger partial charge on any atom is 0.158 e. The molecule has 0 spiro atoms. The molecule has 0 heterocycles. The first kappa shape index (κ1) is 8.01. The Hall–Kier alpha value is -1.09. The standard InChI is InChI=1S/C8H10O3/c1-5(9)7-4-6(10)2-3-8(7)11/h2,4,8,10-11H,3H2,1H3. The minimum atomic E-state index is -0.747. The summed E-state index contributed by atoms with van der Waals surface area (Å²) in [6, 6.07) is 0. The van der Waals surface area contributed by atoms with E-state index < -0.39 is 6.10 Å². The van der Waals surface area contributed by atoms with Crippen molar-refractivity contribution in [3.63, 3.8) is 0 Å². The number of aliphatic hydroxyl groups excluding tert-OH is 2. The van der Waals surface area contributed by atoms with Gasteiger partial charge in [-0.25, -0.2) is 0 Å². The van der Waals surface area contributed by atoms with E-state index in [-0.39, 0.29) is 17.1 Å². The van der Waals surface area contributed by atoms with Crippen LogP contribution in [0.5, 0.6) is 0 Å². The molecule has 0 fully saturated rings. The molecule has 1 aliphatic rings. The molecular formula is C8H10O3. The van der Waals surface area contributed by atoms with Crippen molar-refractivity contribution in [3.8, 4) is 0 Å². The Labute approximate surface area is 64.7 Å². The lowest BCUT2D eigenvalue weighted by atomic mass is 9.98. The molecule has 0 aliphatic heterocycles. The normalized spacial score (nSPS) is 24.0. The van der Waals surface area contributed by atoms with Gasteiger partial charge in [0.1, 0.15) is 5.76 Å². The Balaban J connectivity index is 2.90. The number of hydrogen-bond acceptors (Lipinski definition) is 3. The lowest BCUT2D eigenvalue weighted by Gasteiger charge is -2.14. The number of aliphatic hydroxyl groups is 2. The lowest BCUT2D eigenvalue weighted by molar-refractivity contribution is -0.114. The number of rotatable bonds is 1. The van der Waals surface area contributed by atoms with Crippen LogP contribution in [-0.2, 0) is 4.79 Å². The Morgan fingerprint density at radius 2 is 2.36 bits per heavy atom. The summed E-state index contributed by atoms with van der Waals surface area (Å²) in [5.41, 5.74) is 0.282. The fourth-order valence-corrected chi connectivity index (χ4v) is 1.01. The number of hydrogen-bond donors (Lipinski definition) is 2.